The number of benzene rings is 1. The highest BCUT2D eigenvalue weighted by Crippen LogP contribution is 2.34. The molecule has 0 amide bonds. The van der Waals surface area contributed by atoms with Gasteiger partial charge in [0.15, 0.2) is 0 Å². The van der Waals surface area contributed by atoms with Gasteiger partial charge in [0.25, 0.3) is 0 Å². The lowest BCUT2D eigenvalue weighted by molar-refractivity contribution is 0.262. The summed E-state index contributed by atoms with van der Waals surface area (Å²) in [5.41, 5.74) is 4.52. The number of thiophene rings is 1. The van der Waals surface area contributed by atoms with Gasteiger partial charge in [-0.1, -0.05) is 13.0 Å². The Balaban J connectivity index is 0.00000208. The van der Waals surface area contributed by atoms with Gasteiger partial charge in [0.05, 0.1) is 7.11 Å². The molecule has 1 atom stereocenters. The van der Waals surface area contributed by atoms with E-state index in [-0.39, 0.29) is 12.4 Å². The van der Waals surface area contributed by atoms with Crippen molar-refractivity contribution in [3.63, 3.8) is 0 Å². The molecule has 0 radical (unpaired) electrons. The van der Waals surface area contributed by atoms with Crippen LogP contribution >= 0.6 is 23.7 Å². The number of aryl methyl sites for hydroxylation is 1. The molecule has 1 aliphatic carbocycles. The van der Waals surface area contributed by atoms with Crippen LogP contribution < -0.4 is 4.74 Å². The van der Waals surface area contributed by atoms with Gasteiger partial charge in [0.1, 0.15) is 5.75 Å². The molecular formula is C20H28ClNOS. The number of halogens is 1. The maximum absolute atomic E-state index is 5.39. The molecule has 1 unspecified atom stereocenters. The molecule has 0 bridgehead atoms. The smallest absolute Gasteiger partial charge is 0.119 e. The zero-order valence-corrected chi connectivity index (χ0v) is 16.3. The molecule has 0 spiro atoms. The van der Waals surface area contributed by atoms with Crippen LogP contribution in [0, 0.1) is 0 Å². The van der Waals surface area contributed by atoms with E-state index in [1.807, 2.05) is 0 Å². The molecule has 4 heteroatoms. The molecule has 1 aromatic carbocycles. The Bertz CT molecular complexity index is 614. The Morgan fingerprint density at radius 2 is 2.17 bits per heavy atom. The molecule has 3 rings (SSSR count). The van der Waals surface area contributed by atoms with E-state index in [2.05, 4.69) is 46.8 Å². The first-order valence-electron chi connectivity index (χ1n) is 8.70. The summed E-state index contributed by atoms with van der Waals surface area (Å²) in [5, 5.41) is 4.45. The van der Waals surface area contributed by atoms with Gasteiger partial charge < -0.3 is 9.64 Å². The van der Waals surface area contributed by atoms with Crippen LogP contribution in [0.5, 0.6) is 5.75 Å². The summed E-state index contributed by atoms with van der Waals surface area (Å²) in [4.78, 5) is 2.61. The van der Waals surface area contributed by atoms with E-state index in [0.717, 1.165) is 18.8 Å². The number of ether oxygens (including phenoxy) is 1. The standard InChI is InChI=1S/C20H27NOS.ClH/c1-3-21(11-9-16-10-12-23-15-16)14-18-6-4-5-17-13-19(22-2)7-8-20(17)18;/h7-8,10,12-13,15,18H,3-6,9,11,14H2,1-2H3;1H. The van der Waals surface area contributed by atoms with E-state index in [9.17, 15) is 0 Å². The lowest BCUT2D eigenvalue weighted by atomic mass is 9.82. The zero-order chi connectivity index (χ0) is 16.1. The Morgan fingerprint density at radius 3 is 2.88 bits per heavy atom. The second-order valence-corrected chi connectivity index (χ2v) is 7.21. The van der Waals surface area contributed by atoms with Crippen molar-refractivity contribution in [2.75, 3.05) is 26.7 Å². The molecule has 0 fully saturated rings. The number of hydrogen-bond acceptors (Lipinski definition) is 3. The minimum absolute atomic E-state index is 0. The Labute approximate surface area is 156 Å². The van der Waals surface area contributed by atoms with Crippen molar-refractivity contribution in [2.45, 2.75) is 38.5 Å². The molecule has 0 saturated heterocycles. The maximum atomic E-state index is 5.39. The summed E-state index contributed by atoms with van der Waals surface area (Å²) in [7, 11) is 1.76. The van der Waals surface area contributed by atoms with Crippen molar-refractivity contribution in [2.24, 2.45) is 0 Å². The number of fused-ring (bicyclic) bond motifs is 1. The van der Waals surface area contributed by atoms with Crippen molar-refractivity contribution in [1.82, 2.24) is 4.90 Å². The van der Waals surface area contributed by atoms with Gasteiger partial charge in [-0.05, 0) is 83.8 Å². The Morgan fingerprint density at radius 1 is 1.29 bits per heavy atom. The van der Waals surface area contributed by atoms with Crippen molar-refractivity contribution in [1.29, 1.82) is 0 Å². The van der Waals surface area contributed by atoms with Gasteiger partial charge in [-0.15, -0.1) is 12.4 Å². The third-order valence-corrected chi connectivity index (χ3v) is 5.74. The maximum Gasteiger partial charge on any atom is 0.119 e. The average Bonchev–Trinajstić information content (AvgIpc) is 3.11. The van der Waals surface area contributed by atoms with Crippen molar-refractivity contribution in [3.8, 4) is 5.75 Å². The van der Waals surface area contributed by atoms with Crippen LogP contribution in [0.4, 0.5) is 0 Å². The lowest BCUT2D eigenvalue weighted by Gasteiger charge is -2.31. The predicted molar refractivity (Wildman–Crippen MR) is 106 cm³/mol. The second-order valence-electron chi connectivity index (χ2n) is 6.43. The van der Waals surface area contributed by atoms with E-state index < -0.39 is 0 Å². The molecule has 24 heavy (non-hydrogen) atoms. The molecular weight excluding hydrogens is 338 g/mol. The number of nitrogens with zero attached hydrogens (tertiary/aromatic N) is 1. The highest BCUT2D eigenvalue weighted by atomic mass is 35.5. The van der Waals surface area contributed by atoms with Gasteiger partial charge in [-0.3, -0.25) is 0 Å². The largest absolute Gasteiger partial charge is 0.497 e. The van der Waals surface area contributed by atoms with Crippen molar-refractivity contribution < 1.29 is 4.74 Å². The summed E-state index contributed by atoms with van der Waals surface area (Å²) in [6.45, 7) is 5.76. The number of rotatable bonds is 7. The second kappa shape index (κ2) is 9.45. The van der Waals surface area contributed by atoms with E-state index >= 15 is 0 Å². The van der Waals surface area contributed by atoms with Gasteiger partial charge in [0, 0.05) is 13.1 Å². The molecule has 0 aliphatic heterocycles. The zero-order valence-electron chi connectivity index (χ0n) is 14.7. The number of hydrogen-bond donors (Lipinski definition) is 0. The highest BCUT2D eigenvalue weighted by molar-refractivity contribution is 7.07. The molecule has 0 N–H and O–H groups in total. The van der Waals surface area contributed by atoms with E-state index in [1.54, 1.807) is 24.0 Å². The Kier molecular flexibility index (Phi) is 7.60. The molecule has 1 aromatic heterocycles. The van der Waals surface area contributed by atoms with Gasteiger partial charge >= 0.3 is 0 Å². The van der Waals surface area contributed by atoms with Gasteiger partial charge in [-0.25, -0.2) is 0 Å². The number of likely N-dealkylation sites (N-methyl/N-ethyl adjacent to an activating group) is 1. The van der Waals surface area contributed by atoms with Crippen LogP contribution in [0.25, 0.3) is 0 Å². The molecule has 132 valence electrons. The van der Waals surface area contributed by atoms with Crippen LogP contribution in [-0.2, 0) is 12.8 Å². The van der Waals surface area contributed by atoms with Crippen LogP contribution in [0.2, 0.25) is 0 Å². The van der Waals surface area contributed by atoms with Crippen LogP contribution in [0.1, 0.15) is 42.4 Å². The molecule has 0 saturated carbocycles. The monoisotopic (exact) mass is 365 g/mol. The van der Waals surface area contributed by atoms with Crippen molar-refractivity contribution in [3.05, 3.63) is 51.7 Å². The lowest BCUT2D eigenvalue weighted by Crippen LogP contribution is -2.31. The SMILES string of the molecule is CCN(CCc1ccsc1)CC1CCCc2cc(OC)ccc21.Cl. The first-order chi connectivity index (χ1) is 11.3. The molecule has 2 aromatic rings. The first kappa shape index (κ1) is 19.3. The summed E-state index contributed by atoms with van der Waals surface area (Å²) < 4.78 is 5.39. The summed E-state index contributed by atoms with van der Waals surface area (Å²) >= 11 is 1.80. The Hall–Kier alpha value is -1.03. The third-order valence-electron chi connectivity index (χ3n) is 5.01. The minimum Gasteiger partial charge on any atom is -0.497 e. The fraction of sp³-hybridized carbons (Fsp3) is 0.500. The quantitative estimate of drug-likeness (QED) is 0.671. The molecule has 2 nitrogen and oxygen atoms in total. The predicted octanol–water partition coefficient (Wildman–Crippen LogP) is 5.16. The first-order valence-corrected chi connectivity index (χ1v) is 9.64. The number of methoxy groups -OCH3 is 1. The minimum atomic E-state index is 0. The van der Waals surface area contributed by atoms with Gasteiger partial charge in [-0.2, -0.15) is 11.3 Å². The van der Waals surface area contributed by atoms with Crippen molar-refractivity contribution >= 4 is 23.7 Å². The van der Waals surface area contributed by atoms with E-state index in [0.29, 0.717) is 5.92 Å². The van der Waals surface area contributed by atoms with Crippen LogP contribution in [0.15, 0.2) is 35.0 Å². The highest BCUT2D eigenvalue weighted by Gasteiger charge is 2.22. The normalized spacial score (nSPS) is 16.5. The van der Waals surface area contributed by atoms with Crippen LogP contribution in [-0.4, -0.2) is 31.6 Å². The summed E-state index contributed by atoms with van der Waals surface area (Å²) in [6.07, 6.45) is 4.98. The third kappa shape index (κ3) is 4.75. The molecule has 1 heterocycles. The average molecular weight is 366 g/mol. The summed E-state index contributed by atoms with van der Waals surface area (Å²) in [5.74, 6) is 1.67. The summed E-state index contributed by atoms with van der Waals surface area (Å²) in [6, 6.07) is 8.91. The fourth-order valence-electron chi connectivity index (χ4n) is 3.62. The van der Waals surface area contributed by atoms with Crippen LogP contribution in [0.3, 0.4) is 0 Å². The fourth-order valence-corrected chi connectivity index (χ4v) is 4.32. The van der Waals surface area contributed by atoms with E-state index in [1.165, 1.54) is 43.4 Å². The topological polar surface area (TPSA) is 12.5 Å². The molecule has 1 aliphatic rings. The van der Waals surface area contributed by atoms with Gasteiger partial charge in [0.2, 0.25) is 0 Å². The van der Waals surface area contributed by atoms with E-state index in [4.69, 9.17) is 4.74 Å².